The van der Waals surface area contributed by atoms with Crippen molar-refractivity contribution in [2.45, 2.75) is 112 Å². The Bertz CT molecular complexity index is 1450. The molecule has 2 N–H and O–H groups in total. The Morgan fingerprint density at radius 1 is 0.761 bits per heavy atom. The van der Waals surface area contributed by atoms with Gasteiger partial charge in [-0.2, -0.15) is 0 Å². The van der Waals surface area contributed by atoms with Crippen molar-refractivity contribution in [2.24, 2.45) is 5.92 Å². The van der Waals surface area contributed by atoms with Gasteiger partial charge < -0.3 is 20.3 Å². The van der Waals surface area contributed by atoms with Crippen molar-refractivity contribution < 1.29 is 19.1 Å². The van der Waals surface area contributed by atoms with E-state index in [1.54, 1.807) is 25.7 Å². The normalized spacial score (nSPS) is 13.5. The highest BCUT2D eigenvalue weighted by molar-refractivity contribution is 6.00. The number of aryl methyl sites for hydroxylation is 4. The summed E-state index contributed by atoms with van der Waals surface area (Å²) in [4.78, 5) is 44.6. The Hall–Kier alpha value is -4.13. The van der Waals surface area contributed by atoms with Crippen LogP contribution < -0.4 is 10.6 Å². The van der Waals surface area contributed by atoms with E-state index in [0.29, 0.717) is 12.3 Å². The zero-order valence-electron chi connectivity index (χ0n) is 29.4. The third-order valence-corrected chi connectivity index (χ3v) is 8.23. The van der Waals surface area contributed by atoms with Gasteiger partial charge in [-0.05, 0) is 108 Å². The number of benzene rings is 3. The van der Waals surface area contributed by atoms with Gasteiger partial charge in [0.2, 0.25) is 5.91 Å². The van der Waals surface area contributed by atoms with Crippen LogP contribution in [0.4, 0.5) is 10.5 Å². The average molecular weight is 628 g/mol. The summed E-state index contributed by atoms with van der Waals surface area (Å²) >= 11 is 0. The molecule has 0 aliphatic heterocycles. The molecule has 0 radical (unpaired) electrons. The number of ether oxygens (including phenoxy) is 1. The number of para-hydroxylation sites is 1. The highest BCUT2D eigenvalue weighted by Crippen LogP contribution is 2.33. The second kappa shape index (κ2) is 15.9. The molecule has 0 aliphatic rings. The highest BCUT2D eigenvalue weighted by atomic mass is 16.6. The Kier molecular flexibility index (Phi) is 12.6. The Morgan fingerprint density at radius 2 is 1.30 bits per heavy atom. The topological polar surface area (TPSA) is 87.7 Å². The molecule has 0 saturated heterocycles. The van der Waals surface area contributed by atoms with Crippen LogP contribution >= 0.6 is 0 Å². The first kappa shape index (κ1) is 36.3. The van der Waals surface area contributed by atoms with Gasteiger partial charge in [-0.15, -0.1) is 0 Å². The van der Waals surface area contributed by atoms with Crippen molar-refractivity contribution in [2.75, 3.05) is 5.32 Å². The Labute approximate surface area is 276 Å². The van der Waals surface area contributed by atoms with E-state index in [4.69, 9.17) is 4.74 Å². The molecule has 3 unspecified atom stereocenters. The Balaban J connectivity index is 2.21. The van der Waals surface area contributed by atoms with E-state index in [1.807, 2.05) is 101 Å². The molecule has 7 nitrogen and oxygen atoms in total. The van der Waals surface area contributed by atoms with Crippen molar-refractivity contribution in [3.8, 4) is 0 Å². The smallest absolute Gasteiger partial charge is 0.408 e. The van der Waals surface area contributed by atoms with Gasteiger partial charge in [-0.25, -0.2) is 4.79 Å². The molecule has 3 aromatic rings. The van der Waals surface area contributed by atoms with Crippen LogP contribution in [0.15, 0.2) is 66.7 Å². The molecule has 46 heavy (non-hydrogen) atoms. The summed E-state index contributed by atoms with van der Waals surface area (Å²) in [6.07, 6.45) is 1.11. The summed E-state index contributed by atoms with van der Waals surface area (Å²) in [5.74, 6) is -0.230. The first-order valence-corrected chi connectivity index (χ1v) is 16.4. The molecule has 7 heteroatoms. The first-order valence-electron chi connectivity index (χ1n) is 16.4. The third kappa shape index (κ3) is 9.93. The summed E-state index contributed by atoms with van der Waals surface area (Å²) in [5.41, 5.74) is 5.35. The molecule has 248 valence electrons. The van der Waals surface area contributed by atoms with Crippen LogP contribution in [0.5, 0.6) is 0 Å². The summed E-state index contributed by atoms with van der Waals surface area (Å²) in [6.45, 7) is 19.5. The molecule has 0 saturated carbocycles. The van der Waals surface area contributed by atoms with Gasteiger partial charge in [-0.3, -0.25) is 9.59 Å². The van der Waals surface area contributed by atoms with Crippen LogP contribution in [0, 0.1) is 33.6 Å². The summed E-state index contributed by atoms with van der Waals surface area (Å²) in [7, 11) is 0. The molecular formula is C39H53N3O4. The SMILES string of the molecule is Cc1cccc(C)c1NC(=O)C(c1c(C)cccc1C)N(C(=O)C(Cc1ccccc1)NC(=O)OC(C)(C)C)C(C)CCC(C)C. The minimum Gasteiger partial charge on any atom is -0.444 e. The number of nitrogens with zero attached hydrogens (tertiary/aromatic N) is 1. The lowest BCUT2D eigenvalue weighted by atomic mass is 9.91. The number of rotatable bonds is 12. The average Bonchev–Trinajstić information content (AvgIpc) is 2.96. The standard InChI is InChI=1S/C39H53N3O4/c1-25(2)22-23-30(7)42(37(44)32(24-31-20-12-11-13-21-31)40-38(45)46-39(8,9)10)35(33-26(3)16-14-17-27(33)4)36(43)41-34-28(5)18-15-19-29(34)6/h11-21,25,30,32,35H,22-24H2,1-10H3,(H,40,45)(H,41,43). The van der Waals surface area contributed by atoms with Gasteiger partial charge in [0.1, 0.15) is 17.7 Å². The number of hydrogen-bond donors (Lipinski definition) is 2. The monoisotopic (exact) mass is 627 g/mol. The molecule has 3 atom stereocenters. The maximum absolute atomic E-state index is 15.0. The van der Waals surface area contributed by atoms with Gasteiger partial charge in [0, 0.05) is 18.2 Å². The molecule has 0 fully saturated rings. The van der Waals surface area contributed by atoms with E-state index in [0.717, 1.165) is 45.5 Å². The van der Waals surface area contributed by atoms with Gasteiger partial charge >= 0.3 is 6.09 Å². The lowest BCUT2D eigenvalue weighted by Crippen LogP contribution is -2.56. The quantitative estimate of drug-likeness (QED) is 0.211. The van der Waals surface area contributed by atoms with Crippen LogP contribution in [-0.4, -0.2) is 40.5 Å². The number of alkyl carbamates (subject to hydrolysis) is 1. The largest absolute Gasteiger partial charge is 0.444 e. The molecule has 0 spiro atoms. The van der Waals surface area contributed by atoms with Crippen LogP contribution in [0.3, 0.4) is 0 Å². The van der Waals surface area contributed by atoms with E-state index in [1.165, 1.54) is 0 Å². The predicted molar refractivity (Wildman–Crippen MR) is 187 cm³/mol. The molecule has 3 aromatic carbocycles. The predicted octanol–water partition coefficient (Wildman–Crippen LogP) is 8.39. The Morgan fingerprint density at radius 3 is 1.83 bits per heavy atom. The first-order chi connectivity index (χ1) is 21.6. The highest BCUT2D eigenvalue weighted by Gasteiger charge is 2.40. The minimum absolute atomic E-state index is 0.240. The lowest BCUT2D eigenvalue weighted by Gasteiger charge is -2.40. The molecule has 0 heterocycles. The fraction of sp³-hybridized carbons (Fsp3) is 0.462. The number of nitrogens with one attached hydrogen (secondary N) is 2. The van der Waals surface area contributed by atoms with E-state index >= 15 is 4.79 Å². The molecule has 0 aromatic heterocycles. The van der Waals surface area contributed by atoms with Crippen LogP contribution in [0.1, 0.15) is 93.8 Å². The van der Waals surface area contributed by atoms with Crippen molar-refractivity contribution in [3.63, 3.8) is 0 Å². The van der Waals surface area contributed by atoms with E-state index in [9.17, 15) is 9.59 Å². The van der Waals surface area contributed by atoms with Gasteiger partial charge in [0.15, 0.2) is 0 Å². The van der Waals surface area contributed by atoms with Crippen LogP contribution in [0.2, 0.25) is 0 Å². The minimum atomic E-state index is -0.974. The second-order valence-electron chi connectivity index (χ2n) is 13.9. The second-order valence-corrected chi connectivity index (χ2v) is 13.9. The number of hydrogen-bond acceptors (Lipinski definition) is 4. The van der Waals surface area contributed by atoms with Crippen LogP contribution in [-0.2, 0) is 20.7 Å². The van der Waals surface area contributed by atoms with Crippen molar-refractivity contribution in [3.05, 3.63) is 100 Å². The zero-order chi connectivity index (χ0) is 34.2. The molecule has 3 rings (SSSR count). The summed E-state index contributed by atoms with van der Waals surface area (Å²) in [6, 6.07) is 19.2. The molecule has 0 bridgehead atoms. The van der Waals surface area contributed by atoms with Gasteiger partial charge in [0.25, 0.3) is 5.91 Å². The number of anilines is 1. The number of carbonyl (C=O) groups is 3. The van der Waals surface area contributed by atoms with Gasteiger partial charge in [-0.1, -0.05) is 80.6 Å². The number of amides is 3. The van der Waals surface area contributed by atoms with Gasteiger partial charge in [0.05, 0.1) is 0 Å². The lowest BCUT2D eigenvalue weighted by molar-refractivity contribution is -0.143. The van der Waals surface area contributed by atoms with Crippen molar-refractivity contribution >= 4 is 23.6 Å². The number of carbonyl (C=O) groups excluding carboxylic acids is 3. The van der Waals surface area contributed by atoms with E-state index < -0.39 is 23.8 Å². The summed E-state index contributed by atoms with van der Waals surface area (Å²) < 4.78 is 5.61. The maximum atomic E-state index is 15.0. The maximum Gasteiger partial charge on any atom is 0.408 e. The molecule has 3 amide bonds. The fourth-order valence-corrected chi connectivity index (χ4v) is 5.85. The van der Waals surface area contributed by atoms with E-state index in [2.05, 4.69) is 24.5 Å². The molecule has 0 aliphatic carbocycles. The summed E-state index contributed by atoms with van der Waals surface area (Å²) in [5, 5.41) is 6.08. The molecular weight excluding hydrogens is 574 g/mol. The van der Waals surface area contributed by atoms with E-state index in [-0.39, 0.29) is 24.3 Å². The fourth-order valence-electron chi connectivity index (χ4n) is 5.85. The van der Waals surface area contributed by atoms with Crippen LogP contribution in [0.25, 0.3) is 0 Å². The third-order valence-electron chi connectivity index (χ3n) is 8.23. The van der Waals surface area contributed by atoms with Crippen molar-refractivity contribution in [1.82, 2.24) is 10.2 Å². The zero-order valence-corrected chi connectivity index (χ0v) is 29.4. The van der Waals surface area contributed by atoms with Crippen molar-refractivity contribution in [1.29, 1.82) is 0 Å².